The van der Waals surface area contributed by atoms with Crippen LogP contribution < -0.4 is 28.1 Å². The molecule has 0 bridgehead atoms. The van der Waals surface area contributed by atoms with Gasteiger partial charge in [0.1, 0.15) is 0 Å². The van der Waals surface area contributed by atoms with E-state index in [0.717, 1.165) is 19.3 Å². The number of hydrogen-bond acceptors (Lipinski definition) is 1. The van der Waals surface area contributed by atoms with Gasteiger partial charge in [-0.3, -0.25) is 0 Å². The molecular formula is C16H30Cl2NOSiZr. The van der Waals surface area contributed by atoms with E-state index in [9.17, 15) is 4.79 Å². The summed E-state index contributed by atoms with van der Waals surface area (Å²) in [7, 11) is 0. The predicted molar refractivity (Wildman–Crippen MR) is 86.8 cm³/mol. The summed E-state index contributed by atoms with van der Waals surface area (Å²) >= 11 is -1.85. The SMILES string of the molecule is CCCCC(CC)C(=O)[NH][Zr+2]([C]1=CC(C)=CC1)[SiH](C)C.[Cl-].[Cl-]. The number of allylic oxidation sites excluding steroid dienone is 4. The van der Waals surface area contributed by atoms with E-state index in [2.05, 4.69) is 49.3 Å². The van der Waals surface area contributed by atoms with Crippen LogP contribution in [0, 0.1) is 5.92 Å². The fourth-order valence-electron chi connectivity index (χ4n) is 2.65. The molecule has 1 N–H and O–H groups in total. The molecule has 1 aliphatic carbocycles. The van der Waals surface area contributed by atoms with Gasteiger partial charge in [-0.05, 0) is 0 Å². The molecule has 2 nitrogen and oxygen atoms in total. The number of rotatable bonds is 8. The van der Waals surface area contributed by atoms with Crippen LogP contribution in [0.15, 0.2) is 21.0 Å². The first-order valence-electron chi connectivity index (χ1n) is 8.04. The Balaban J connectivity index is 0. The van der Waals surface area contributed by atoms with Gasteiger partial charge in [0.2, 0.25) is 0 Å². The van der Waals surface area contributed by atoms with Crippen molar-refractivity contribution in [3.05, 3.63) is 21.0 Å². The molecule has 0 heterocycles. The van der Waals surface area contributed by atoms with Crippen molar-refractivity contribution < 1.29 is 50.8 Å². The van der Waals surface area contributed by atoms with Gasteiger partial charge < -0.3 is 24.8 Å². The molecule has 0 saturated carbocycles. The number of amides is 1. The Morgan fingerprint density at radius 3 is 2.41 bits per heavy atom. The average molecular weight is 443 g/mol. The molecule has 1 atom stereocenters. The van der Waals surface area contributed by atoms with Gasteiger partial charge in [0, 0.05) is 0 Å². The van der Waals surface area contributed by atoms with Gasteiger partial charge in [-0.25, -0.2) is 0 Å². The molecule has 0 aromatic carbocycles. The molecule has 1 unspecified atom stereocenters. The zero-order valence-electron chi connectivity index (χ0n) is 14.5. The van der Waals surface area contributed by atoms with E-state index in [0.29, 0.717) is 5.91 Å². The summed E-state index contributed by atoms with van der Waals surface area (Å²) in [5.41, 5.74) is 1.39. The molecule has 0 aromatic rings. The number of carbonyl (C=O) groups is 1. The van der Waals surface area contributed by atoms with Crippen molar-refractivity contribution in [2.45, 2.75) is 66.0 Å². The van der Waals surface area contributed by atoms with Gasteiger partial charge in [0.05, 0.1) is 0 Å². The monoisotopic (exact) mass is 440 g/mol. The largest absolute Gasteiger partial charge is 1.00 e. The fourth-order valence-corrected chi connectivity index (χ4v) is 16.6. The number of nitrogens with one attached hydrogen (secondary N) is 1. The molecule has 0 aliphatic heterocycles. The van der Waals surface area contributed by atoms with E-state index in [4.69, 9.17) is 0 Å². The van der Waals surface area contributed by atoms with Crippen molar-refractivity contribution >= 4 is 11.8 Å². The smallest absolute Gasteiger partial charge is 1.00 e. The first-order valence-corrected chi connectivity index (χ1v) is 17.6. The second-order valence-electron chi connectivity index (χ2n) is 6.13. The molecule has 0 spiro atoms. The van der Waals surface area contributed by atoms with E-state index in [1.54, 1.807) is 3.28 Å². The normalized spacial score (nSPS) is 14.5. The maximum Gasteiger partial charge on any atom is -1.00 e. The van der Waals surface area contributed by atoms with Crippen LogP contribution in [0.2, 0.25) is 13.1 Å². The van der Waals surface area contributed by atoms with Crippen LogP contribution in [0.3, 0.4) is 0 Å². The molecule has 0 fully saturated rings. The van der Waals surface area contributed by atoms with Gasteiger partial charge in [-0.15, -0.1) is 0 Å². The zero-order valence-corrected chi connectivity index (χ0v) is 19.6. The second-order valence-corrected chi connectivity index (χ2v) is 24.6. The fraction of sp³-hybridized carbons (Fsp3) is 0.688. The van der Waals surface area contributed by atoms with Gasteiger partial charge in [0.15, 0.2) is 0 Å². The minimum atomic E-state index is -1.85. The van der Waals surface area contributed by atoms with Crippen molar-refractivity contribution in [3.8, 4) is 0 Å². The Kier molecular flexibility index (Phi) is 14.7. The van der Waals surface area contributed by atoms with E-state index >= 15 is 0 Å². The van der Waals surface area contributed by atoms with Gasteiger partial charge in [-0.1, -0.05) is 0 Å². The van der Waals surface area contributed by atoms with Crippen LogP contribution in [0.4, 0.5) is 0 Å². The van der Waals surface area contributed by atoms with Crippen LogP contribution in [-0.2, 0) is 26.0 Å². The molecule has 6 heteroatoms. The van der Waals surface area contributed by atoms with Crippen molar-refractivity contribution in [1.29, 1.82) is 0 Å². The Bertz CT molecular complexity index is 400. The molecule has 127 valence electrons. The minimum Gasteiger partial charge on any atom is -1.00 e. The molecule has 1 rings (SSSR count). The molecule has 0 aromatic heterocycles. The number of halogens is 2. The maximum absolute atomic E-state index is 12.5. The van der Waals surface area contributed by atoms with E-state index in [1.807, 2.05) is 0 Å². The molecule has 1 amide bonds. The van der Waals surface area contributed by atoms with Gasteiger partial charge in [-0.2, -0.15) is 0 Å². The predicted octanol–water partition coefficient (Wildman–Crippen LogP) is -1.92. The van der Waals surface area contributed by atoms with Crippen LogP contribution in [0.5, 0.6) is 0 Å². The summed E-state index contributed by atoms with van der Waals surface area (Å²) in [4.78, 5) is 12.5. The van der Waals surface area contributed by atoms with Crippen molar-refractivity contribution in [2.75, 3.05) is 0 Å². The second kappa shape index (κ2) is 13.0. The molecule has 0 saturated heterocycles. The quantitative estimate of drug-likeness (QED) is 0.437. The van der Waals surface area contributed by atoms with Crippen LogP contribution in [0.25, 0.3) is 0 Å². The number of hydrogen-bond donors (Lipinski definition) is 1. The molecule has 22 heavy (non-hydrogen) atoms. The van der Waals surface area contributed by atoms with Crippen molar-refractivity contribution in [3.63, 3.8) is 0 Å². The summed E-state index contributed by atoms with van der Waals surface area (Å²) in [5, 5.41) is 0. The summed E-state index contributed by atoms with van der Waals surface area (Å²) in [6.45, 7) is 11.3. The van der Waals surface area contributed by atoms with Crippen LogP contribution in [-0.4, -0.2) is 11.8 Å². The summed E-state index contributed by atoms with van der Waals surface area (Å²) in [5.74, 6) is -0.131. The topological polar surface area (TPSA) is 29.1 Å². The zero-order chi connectivity index (χ0) is 15.1. The Hall–Kier alpha value is 0.630. The van der Waals surface area contributed by atoms with Gasteiger partial charge >= 0.3 is 134 Å². The van der Waals surface area contributed by atoms with Crippen molar-refractivity contribution in [1.82, 2.24) is 3.26 Å². The van der Waals surface area contributed by atoms with Crippen molar-refractivity contribution in [2.24, 2.45) is 5.92 Å². The average Bonchev–Trinajstić information content (AvgIpc) is 2.82. The third-order valence-corrected chi connectivity index (χ3v) is 20.5. The van der Waals surface area contributed by atoms with Crippen LogP contribution in [0.1, 0.15) is 52.9 Å². The Morgan fingerprint density at radius 2 is 2.00 bits per heavy atom. The van der Waals surface area contributed by atoms with Crippen LogP contribution >= 0.6 is 0 Å². The number of unbranched alkanes of at least 4 members (excludes halogenated alkanes) is 1. The molecule has 0 radical (unpaired) electrons. The number of carbonyl (C=O) groups excluding carboxylic acids is 1. The van der Waals surface area contributed by atoms with E-state index in [1.165, 1.54) is 18.4 Å². The first kappa shape index (κ1) is 24.9. The first-order chi connectivity index (χ1) is 9.49. The summed E-state index contributed by atoms with van der Waals surface area (Å²) < 4.78 is 5.17. The third-order valence-electron chi connectivity index (χ3n) is 4.00. The minimum absolute atomic E-state index is 0. The Morgan fingerprint density at radius 1 is 1.36 bits per heavy atom. The third kappa shape index (κ3) is 7.95. The Labute approximate surface area is 158 Å². The standard InChI is InChI=1S/C8H17NO.C6H7.C2H7Si.2ClH.Zr/c1-3-5-6-7(4-2)8(9)10;1-6-4-2-3-5-6;1-3-2;;;/h7H,3-6H2,1-2H3,(H2,9,10);4-5H,2H2,1H3;3H,1-2H3;2*1H;/q;;;;;+3/p-3. The summed E-state index contributed by atoms with van der Waals surface area (Å²) in [6, 6.07) is 0. The molecular weight excluding hydrogens is 412 g/mol. The van der Waals surface area contributed by atoms with Gasteiger partial charge in [0.25, 0.3) is 0 Å². The summed E-state index contributed by atoms with van der Waals surface area (Å²) in [6.07, 6.45) is 10.2. The maximum atomic E-state index is 12.5. The van der Waals surface area contributed by atoms with E-state index in [-0.39, 0.29) is 30.7 Å². The molecule has 1 aliphatic rings. The van der Waals surface area contributed by atoms with E-state index < -0.39 is 27.1 Å².